The number of fused-ring (bicyclic) bond motifs is 2. The molecule has 0 aliphatic rings. The van der Waals surface area contributed by atoms with Crippen LogP contribution in [0, 0.1) is 34.6 Å². The van der Waals surface area contributed by atoms with Gasteiger partial charge in [-0.25, -0.2) is 27.5 Å². The summed E-state index contributed by atoms with van der Waals surface area (Å²) < 4.78 is 55.2. The molecule has 5 N–H and O–H groups in total. The maximum Gasteiger partial charge on any atom is 0.150 e. The van der Waals surface area contributed by atoms with E-state index in [9.17, 15) is 22.8 Å². The van der Waals surface area contributed by atoms with Crippen LogP contribution in [0.15, 0.2) is 116 Å². The van der Waals surface area contributed by atoms with E-state index in [1.165, 1.54) is 30.6 Å². The van der Waals surface area contributed by atoms with Crippen LogP contribution in [0.2, 0.25) is 0 Å². The summed E-state index contributed by atoms with van der Waals surface area (Å²) in [6.07, 6.45) is 1.27. The van der Waals surface area contributed by atoms with Crippen LogP contribution in [-0.2, 0) is 0 Å². The van der Waals surface area contributed by atoms with Gasteiger partial charge in [-0.05, 0) is 93.0 Å². The number of halogens is 4. The standard InChI is InChI=1S/C23H17F2N5.C18H15F2N/c1-13(30-23-20(11-26)22(27)28-12-29-23)18-7-6-14-4-2-3-5-19(14)21(18)15-8-16(24)10-17(25)9-15;1-11(21)16-7-6-12-4-2-3-5-17(12)18(16)13-8-14(19)10-15(20)9-13/h2-10,12-13H,1H3,(H3,27,28,29,30);2-11H,21H2,1H3. The maximum atomic E-state index is 14.0. The molecule has 0 fully saturated rings. The van der Waals surface area contributed by atoms with Gasteiger partial charge >= 0.3 is 0 Å². The molecule has 0 spiro atoms. The van der Waals surface area contributed by atoms with Gasteiger partial charge in [-0.2, -0.15) is 5.26 Å². The van der Waals surface area contributed by atoms with Crippen LogP contribution in [0.3, 0.4) is 0 Å². The number of nitrogens with two attached hydrogens (primary N) is 2. The Labute approximate surface area is 292 Å². The Balaban J connectivity index is 0.000000187. The third-order valence-electron chi connectivity index (χ3n) is 8.52. The highest BCUT2D eigenvalue weighted by atomic mass is 19.1. The first-order valence-corrected chi connectivity index (χ1v) is 16.0. The van der Waals surface area contributed by atoms with Crippen LogP contribution in [0.4, 0.5) is 29.2 Å². The molecule has 0 aliphatic heterocycles. The van der Waals surface area contributed by atoms with Gasteiger partial charge in [-0.1, -0.05) is 72.8 Å². The molecule has 7 rings (SSSR count). The van der Waals surface area contributed by atoms with Crippen molar-refractivity contribution < 1.29 is 17.6 Å². The summed E-state index contributed by atoms with van der Waals surface area (Å²) in [7, 11) is 0. The number of nitrogens with one attached hydrogen (secondary N) is 1. The first-order chi connectivity index (χ1) is 24.5. The number of hydrogen-bond donors (Lipinski definition) is 3. The molecule has 254 valence electrons. The van der Waals surface area contributed by atoms with Crippen LogP contribution in [0.1, 0.15) is 42.6 Å². The Morgan fingerprint density at radius 3 is 1.61 bits per heavy atom. The Morgan fingerprint density at radius 1 is 0.647 bits per heavy atom. The molecule has 2 atom stereocenters. The smallest absolute Gasteiger partial charge is 0.150 e. The molecule has 2 unspecified atom stereocenters. The largest absolute Gasteiger partial charge is 0.382 e. The number of benzene rings is 6. The van der Waals surface area contributed by atoms with E-state index >= 15 is 0 Å². The summed E-state index contributed by atoms with van der Waals surface area (Å²) in [6, 6.07) is 31.6. The fourth-order valence-electron chi connectivity index (χ4n) is 6.26. The van der Waals surface area contributed by atoms with Crippen molar-refractivity contribution in [1.29, 1.82) is 5.26 Å². The molecule has 0 saturated heterocycles. The fourth-order valence-corrected chi connectivity index (χ4v) is 6.26. The number of nitriles is 1. The SMILES string of the molecule is CC(N)c1ccc2ccccc2c1-c1cc(F)cc(F)c1.CC(Nc1ncnc(N)c1C#N)c1ccc2ccccc2c1-c1cc(F)cc(F)c1. The minimum absolute atomic E-state index is 0.0770. The normalized spacial score (nSPS) is 12.1. The van der Waals surface area contributed by atoms with Crippen molar-refractivity contribution in [3.8, 4) is 28.3 Å². The van der Waals surface area contributed by atoms with E-state index in [0.29, 0.717) is 22.5 Å². The van der Waals surface area contributed by atoms with Crippen LogP contribution in [-0.4, -0.2) is 9.97 Å². The van der Waals surface area contributed by atoms with Crippen molar-refractivity contribution in [3.63, 3.8) is 0 Å². The van der Waals surface area contributed by atoms with Gasteiger partial charge in [0.15, 0.2) is 0 Å². The molecule has 0 amide bonds. The second kappa shape index (κ2) is 14.7. The van der Waals surface area contributed by atoms with Crippen LogP contribution >= 0.6 is 0 Å². The number of anilines is 2. The predicted molar refractivity (Wildman–Crippen MR) is 194 cm³/mol. The Hall–Kier alpha value is -6.31. The molecular formula is C41H32F4N6. The van der Waals surface area contributed by atoms with Gasteiger partial charge in [0.1, 0.15) is 52.9 Å². The topological polar surface area (TPSA) is 114 Å². The maximum absolute atomic E-state index is 14.0. The molecule has 0 aliphatic carbocycles. The number of hydrogen-bond acceptors (Lipinski definition) is 6. The van der Waals surface area contributed by atoms with Crippen molar-refractivity contribution in [1.82, 2.24) is 9.97 Å². The van der Waals surface area contributed by atoms with E-state index in [1.807, 2.05) is 92.7 Å². The molecular weight excluding hydrogens is 652 g/mol. The molecule has 1 heterocycles. The molecule has 0 bridgehead atoms. The fraction of sp³-hybridized carbons (Fsp3) is 0.0976. The molecule has 0 saturated carbocycles. The van der Waals surface area contributed by atoms with E-state index in [1.54, 1.807) is 0 Å². The first-order valence-electron chi connectivity index (χ1n) is 16.0. The van der Waals surface area contributed by atoms with Gasteiger partial charge in [-0.15, -0.1) is 0 Å². The molecule has 0 radical (unpaired) electrons. The second-order valence-electron chi connectivity index (χ2n) is 12.1. The van der Waals surface area contributed by atoms with E-state index in [4.69, 9.17) is 11.5 Å². The highest BCUT2D eigenvalue weighted by Gasteiger charge is 2.19. The molecule has 6 aromatic carbocycles. The van der Waals surface area contributed by atoms with Crippen molar-refractivity contribution >= 4 is 33.2 Å². The van der Waals surface area contributed by atoms with Crippen molar-refractivity contribution in [3.05, 3.63) is 155 Å². The molecule has 51 heavy (non-hydrogen) atoms. The molecule has 10 heteroatoms. The predicted octanol–water partition coefficient (Wildman–Crippen LogP) is 10.0. The zero-order chi connectivity index (χ0) is 36.2. The van der Waals surface area contributed by atoms with Crippen molar-refractivity contribution in [2.24, 2.45) is 5.73 Å². The summed E-state index contributed by atoms with van der Waals surface area (Å²) in [5.74, 6) is -2.11. The summed E-state index contributed by atoms with van der Waals surface area (Å²) in [4.78, 5) is 7.96. The summed E-state index contributed by atoms with van der Waals surface area (Å²) in [6.45, 7) is 3.74. The highest BCUT2D eigenvalue weighted by Crippen LogP contribution is 2.38. The van der Waals surface area contributed by atoms with Crippen LogP contribution in [0.25, 0.3) is 43.8 Å². The second-order valence-corrected chi connectivity index (χ2v) is 12.1. The van der Waals surface area contributed by atoms with E-state index < -0.39 is 23.3 Å². The first kappa shape index (κ1) is 34.5. The average molecular weight is 685 g/mol. The monoisotopic (exact) mass is 684 g/mol. The minimum Gasteiger partial charge on any atom is -0.382 e. The Morgan fingerprint density at radius 2 is 1.12 bits per heavy atom. The van der Waals surface area contributed by atoms with Gasteiger partial charge in [-0.3, -0.25) is 0 Å². The van der Waals surface area contributed by atoms with Gasteiger partial charge in [0.25, 0.3) is 0 Å². The molecule has 7 aromatic rings. The summed E-state index contributed by atoms with van der Waals surface area (Å²) in [5, 5.41) is 16.3. The van der Waals surface area contributed by atoms with Crippen LogP contribution < -0.4 is 16.8 Å². The third-order valence-corrected chi connectivity index (χ3v) is 8.52. The minimum atomic E-state index is -0.653. The highest BCUT2D eigenvalue weighted by molar-refractivity contribution is 5.99. The number of aromatic nitrogens is 2. The zero-order valence-electron chi connectivity index (χ0n) is 27.6. The van der Waals surface area contributed by atoms with Crippen LogP contribution in [0.5, 0.6) is 0 Å². The van der Waals surface area contributed by atoms with E-state index in [0.717, 1.165) is 50.4 Å². The lowest BCUT2D eigenvalue weighted by atomic mass is 9.90. The zero-order valence-corrected chi connectivity index (χ0v) is 27.6. The molecule has 6 nitrogen and oxygen atoms in total. The number of rotatable bonds is 6. The third kappa shape index (κ3) is 7.34. The van der Waals surface area contributed by atoms with Crippen molar-refractivity contribution in [2.45, 2.75) is 25.9 Å². The summed E-state index contributed by atoms with van der Waals surface area (Å²) in [5.41, 5.74) is 16.0. The summed E-state index contributed by atoms with van der Waals surface area (Å²) >= 11 is 0. The molecule has 1 aromatic heterocycles. The van der Waals surface area contributed by atoms with Crippen molar-refractivity contribution in [2.75, 3.05) is 11.1 Å². The van der Waals surface area contributed by atoms with E-state index in [-0.39, 0.29) is 23.5 Å². The number of nitrogens with zero attached hydrogens (tertiary/aromatic N) is 3. The lowest BCUT2D eigenvalue weighted by Gasteiger charge is -2.21. The van der Waals surface area contributed by atoms with Gasteiger partial charge < -0.3 is 16.8 Å². The van der Waals surface area contributed by atoms with Gasteiger partial charge in [0.2, 0.25) is 0 Å². The lowest BCUT2D eigenvalue weighted by Crippen LogP contribution is -2.12. The van der Waals surface area contributed by atoms with E-state index in [2.05, 4.69) is 15.3 Å². The van der Waals surface area contributed by atoms with Gasteiger partial charge in [0, 0.05) is 18.2 Å². The Kier molecular flexibility index (Phi) is 9.93. The van der Waals surface area contributed by atoms with Gasteiger partial charge in [0.05, 0.1) is 6.04 Å². The lowest BCUT2D eigenvalue weighted by molar-refractivity contribution is 0.583. The average Bonchev–Trinajstić information content (AvgIpc) is 3.10. The number of nitrogen functional groups attached to an aromatic ring is 1. The quantitative estimate of drug-likeness (QED) is 0.150. The Bertz CT molecular complexity index is 2400.